The van der Waals surface area contributed by atoms with Crippen molar-refractivity contribution in [2.24, 2.45) is 7.05 Å². The van der Waals surface area contributed by atoms with Crippen LogP contribution in [0.3, 0.4) is 0 Å². The summed E-state index contributed by atoms with van der Waals surface area (Å²) in [5, 5.41) is 10.6. The molecule has 1 atom stereocenters. The Hall–Kier alpha value is -3.15. The van der Waals surface area contributed by atoms with Gasteiger partial charge in [0.2, 0.25) is 0 Å². The normalized spacial score (nSPS) is 15.5. The average Bonchev–Trinajstić information content (AvgIpc) is 3.18. The molecule has 0 spiro atoms. The summed E-state index contributed by atoms with van der Waals surface area (Å²) in [5.41, 5.74) is 8.14. The third kappa shape index (κ3) is 5.62. The molecule has 1 unspecified atom stereocenters. The highest BCUT2D eigenvalue weighted by Gasteiger charge is 2.19. The first-order valence-corrected chi connectivity index (χ1v) is 11.5. The minimum Gasteiger partial charge on any atom is -0.491 e. The van der Waals surface area contributed by atoms with Crippen LogP contribution in [0.2, 0.25) is 0 Å². The van der Waals surface area contributed by atoms with Gasteiger partial charge in [0.25, 0.3) is 0 Å². The summed E-state index contributed by atoms with van der Waals surface area (Å²) in [5.74, 6) is 0.759. The molecule has 1 N–H and O–H groups in total. The predicted octanol–water partition coefficient (Wildman–Crippen LogP) is 5.13. The molecule has 5 nitrogen and oxygen atoms in total. The molecule has 2 heterocycles. The fourth-order valence-electron chi connectivity index (χ4n) is 4.35. The number of benzene rings is 2. The lowest BCUT2D eigenvalue weighted by Crippen LogP contribution is -2.39. The first-order valence-electron chi connectivity index (χ1n) is 11.5. The monoisotopic (exact) mass is 443 g/mol. The molecule has 0 amide bonds. The van der Waals surface area contributed by atoms with E-state index in [9.17, 15) is 5.11 Å². The van der Waals surface area contributed by atoms with Gasteiger partial charge in [-0.1, -0.05) is 42.5 Å². The van der Waals surface area contributed by atoms with E-state index in [2.05, 4.69) is 54.6 Å². The van der Waals surface area contributed by atoms with Gasteiger partial charge in [0.1, 0.15) is 18.5 Å². The van der Waals surface area contributed by atoms with Crippen molar-refractivity contribution in [1.82, 2.24) is 14.5 Å². The maximum Gasteiger partial charge on any atom is 0.120 e. The molecule has 5 heteroatoms. The Kier molecular flexibility index (Phi) is 7.11. The SMILES string of the molecule is C=CC1=C(C=C(C)C)CN(CC(O)COc2cccc(-c3ccc4ncn(C)c4c3)c2)CC1. The highest BCUT2D eigenvalue weighted by atomic mass is 16.5. The summed E-state index contributed by atoms with van der Waals surface area (Å²) in [6.45, 7) is 10.8. The number of β-amino-alcohol motifs (C(OH)–C–C–N with tert-alkyl or cyclic N) is 1. The average molecular weight is 444 g/mol. The quantitative estimate of drug-likeness (QED) is 0.524. The van der Waals surface area contributed by atoms with Gasteiger partial charge in [-0.05, 0) is 66.8 Å². The fraction of sp³-hybridized carbons (Fsp3) is 0.321. The van der Waals surface area contributed by atoms with E-state index in [1.807, 2.05) is 48.3 Å². The van der Waals surface area contributed by atoms with Gasteiger partial charge in [0, 0.05) is 26.7 Å². The first kappa shape index (κ1) is 23.0. The van der Waals surface area contributed by atoms with E-state index < -0.39 is 6.10 Å². The van der Waals surface area contributed by atoms with Crippen LogP contribution in [0.1, 0.15) is 20.3 Å². The summed E-state index contributed by atoms with van der Waals surface area (Å²) in [7, 11) is 2.00. The van der Waals surface area contributed by atoms with Crippen molar-refractivity contribution in [1.29, 1.82) is 0 Å². The number of allylic oxidation sites excluding steroid dienone is 2. The van der Waals surface area contributed by atoms with Gasteiger partial charge in [-0.25, -0.2) is 4.98 Å². The lowest BCUT2D eigenvalue weighted by Gasteiger charge is -2.30. The number of hydrogen-bond donors (Lipinski definition) is 1. The number of fused-ring (bicyclic) bond motifs is 1. The van der Waals surface area contributed by atoms with Crippen molar-refractivity contribution in [3.05, 3.63) is 84.2 Å². The number of hydrogen-bond acceptors (Lipinski definition) is 4. The Morgan fingerprint density at radius 3 is 2.79 bits per heavy atom. The summed E-state index contributed by atoms with van der Waals surface area (Å²) < 4.78 is 7.99. The van der Waals surface area contributed by atoms with E-state index in [0.717, 1.165) is 47.4 Å². The first-order chi connectivity index (χ1) is 15.9. The highest BCUT2D eigenvalue weighted by Crippen LogP contribution is 2.27. The third-order valence-corrected chi connectivity index (χ3v) is 6.02. The van der Waals surface area contributed by atoms with Gasteiger partial charge in [-0.15, -0.1) is 0 Å². The van der Waals surface area contributed by atoms with Crippen LogP contribution in [0.4, 0.5) is 0 Å². The van der Waals surface area contributed by atoms with Gasteiger partial charge < -0.3 is 14.4 Å². The van der Waals surface area contributed by atoms with E-state index in [1.165, 1.54) is 16.7 Å². The molecular weight excluding hydrogens is 410 g/mol. The molecular formula is C28H33N3O2. The van der Waals surface area contributed by atoms with Crippen molar-refractivity contribution < 1.29 is 9.84 Å². The summed E-state index contributed by atoms with van der Waals surface area (Å²) in [4.78, 5) is 6.68. The fourth-order valence-corrected chi connectivity index (χ4v) is 4.35. The molecule has 0 aliphatic carbocycles. The predicted molar refractivity (Wildman–Crippen MR) is 135 cm³/mol. The van der Waals surface area contributed by atoms with Gasteiger partial charge >= 0.3 is 0 Å². The Balaban J connectivity index is 1.37. The third-order valence-electron chi connectivity index (χ3n) is 6.02. The van der Waals surface area contributed by atoms with Gasteiger partial charge in [-0.2, -0.15) is 0 Å². The Morgan fingerprint density at radius 2 is 2.00 bits per heavy atom. The number of aliphatic hydroxyl groups is 1. The molecule has 0 bridgehead atoms. The van der Waals surface area contributed by atoms with E-state index in [1.54, 1.807) is 0 Å². The molecule has 172 valence electrons. The van der Waals surface area contributed by atoms with E-state index in [4.69, 9.17) is 4.74 Å². The standard InChI is InChI=1S/C28H33N3O2/c1-5-21-11-12-31(16-24(21)13-20(2)3)17-25(32)18-33-26-8-6-7-22(14-26)23-9-10-27-28(15-23)30(4)19-29-27/h5-10,13-15,19,25,32H,1,11-12,16-18H2,2-4H3. The van der Waals surface area contributed by atoms with Crippen LogP contribution < -0.4 is 4.74 Å². The van der Waals surface area contributed by atoms with Crippen molar-refractivity contribution >= 4 is 11.0 Å². The second-order valence-corrected chi connectivity index (χ2v) is 9.01. The largest absolute Gasteiger partial charge is 0.491 e. The molecule has 0 saturated heterocycles. The van der Waals surface area contributed by atoms with Crippen molar-refractivity contribution in [3.63, 3.8) is 0 Å². The molecule has 0 saturated carbocycles. The molecule has 1 aliphatic rings. The summed E-state index contributed by atoms with van der Waals surface area (Å²) in [6, 6.07) is 14.3. The van der Waals surface area contributed by atoms with Gasteiger partial charge in [-0.3, -0.25) is 4.90 Å². The van der Waals surface area contributed by atoms with E-state index in [0.29, 0.717) is 6.54 Å². The lowest BCUT2D eigenvalue weighted by molar-refractivity contribution is 0.0703. The number of aliphatic hydroxyl groups excluding tert-OH is 1. The smallest absolute Gasteiger partial charge is 0.120 e. The van der Waals surface area contributed by atoms with Gasteiger partial charge in [0.05, 0.1) is 17.4 Å². The van der Waals surface area contributed by atoms with Crippen molar-refractivity contribution in [3.8, 4) is 16.9 Å². The number of nitrogens with zero attached hydrogens (tertiary/aromatic N) is 3. The van der Waals surface area contributed by atoms with Crippen LogP contribution >= 0.6 is 0 Å². The van der Waals surface area contributed by atoms with Crippen LogP contribution in [-0.4, -0.2) is 51.9 Å². The zero-order valence-electron chi connectivity index (χ0n) is 19.8. The lowest BCUT2D eigenvalue weighted by atomic mass is 9.98. The van der Waals surface area contributed by atoms with Crippen LogP contribution in [0.15, 0.2) is 84.2 Å². The Bertz CT molecular complexity index is 1200. The molecule has 33 heavy (non-hydrogen) atoms. The Morgan fingerprint density at radius 1 is 1.18 bits per heavy atom. The minimum atomic E-state index is -0.558. The van der Waals surface area contributed by atoms with Crippen LogP contribution in [0, 0.1) is 0 Å². The second kappa shape index (κ2) is 10.2. The number of ether oxygens (including phenoxy) is 1. The zero-order chi connectivity index (χ0) is 23.4. The molecule has 2 aromatic carbocycles. The molecule has 1 aliphatic heterocycles. The highest BCUT2D eigenvalue weighted by molar-refractivity contribution is 5.82. The van der Waals surface area contributed by atoms with Crippen LogP contribution in [0.25, 0.3) is 22.2 Å². The molecule has 0 radical (unpaired) electrons. The van der Waals surface area contributed by atoms with Crippen molar-refractivity contribution in [2.45, 2.75) is 26.4 Å². The molecule has 1 aromatic heterocycles. The van der Waals surface area contributed by atoms with E-state index in [-0.39, 0.29) is 6.61 Å². The molecule has 3 aromatic rings. The summed E-state index contributed by atoms with van der Waals surface area (Å²) in [6.07, 6.45) is 6.41. The van der Waals surface area contributed by atoms with Crippen LogP contribution in [-0.2, 0) is 7.05 Å². The Labute approximate surface area is 196 Å². The number of aromatic nitrogens is 2. The minimum absolute atomic E-state index is 0.261. The maximum atomic E-state index is 10.6. The van der Waals surface area contributed by atoms with Gasteiger partial charge in [0.15, 0.2) is 0 Å². The summed E-state index contributed by atoms with van der Waals surface area (Å²) >= 11 is 0. The zero-order valence-corrected chi connectivity index (χ0v) is 19.8. The topological polar surface area (TPSA) is 50.5 Å². The second-order valence-electron chi connectivity index (χ2n) is 9.01. The molecule has 0 fully saturated rings. The maximum absolute atomic E-state index is 10.6. The van der Waals surface area contributed by atoms with Crippen molar-refractivity contribution in [2.75, 3.05) is 26.2 Å². The number of rotatable bonds is 8. The van der Waals surface area contributed by atoms with Crippen LogP contribution in [0.5, 0.6) is 5.75 Å². The number of aryl methyl sites for hydroxylation is 1. The molecule has 4 rings (SSSR count). The number of imidazole rings is 1. The van der Waals surface area contributed by atoms with E-state index >= 15 is 0 Å².